The van der Waals surface area contributed by atoms with Gasteiger partial charge >= 0.3 is 30.0 Å². The molecular weight excluding hydrogens is 750 g/mol. The number of tetrazole rings is 1. The van der Waals surface area contributed by atoms with Crippen LogP contribution in [0.15, 0.2) is 103 Å². The van der Waals surface area contributed by atoms with Crippen molar-refractivity contribution in [3.05, 3.63) is 120 Å². The van der Waals surface area contributed by atoms with Crippen LogP contribution in [0.4, 0.5) is 26.7 Å². The van der Waals surface area contributed by atoms with Gasteiger partial charge in [0.05, 0.1) is 16.9 Å². The van der Waals surface area contributed by atoms with Gasteiger partial charge in [-0.15, -0.1) is 5.10 Å². The van der Waals surface area contributed by atoms with E-state index < -0.39 is 47.6 Å². The van der Waals surface area contributed by atoms with Crippen molar-refractivity contribution in [2.24, 2.45) is 0 Å². The zero-order chi connectivity index (χ0) is 39.5. The Bertz CT molecular complexity index is 2510. The van der Waals surface area contributed by atoms with E-state index in [2.05, 4.69) is 26.2 Å². The van der Waals surface area contributed by atoms with Crippen molar-refractivity contribution in [3.8, 4) is 11.4 Å². The molecule has 56 heavy (non-hydrogen) atoms. The number of aromatic carboxylic acids is 1. The number of hydrogen-bond donors (Lipinski definition) is 4. The Balaban J connectivity index is 1.16. The van der Waals surface area contributed by atoms with Gasteiger partial charge in [0, 0.05) is 41.3 Å². The van der Waals surface area contributed by atoms with Gasteiger partial charge in [0.15, 0.2) is 0 Å². The summed E-state index contributed by atoms with van der Waals surface area (Å²) in [5.41, 5.74) is 1.34. The molecule has 282 valence electrons. The van der Waals surface area contributed by atoms with E-state index in [1.807, 2.05) is 0 Å². The van der Waals surface area contributed by atoms with Crippen LogP contribution < -0.4 is 20.3 Å². The molecule has 6 aromatic rings. The van der Waals surface area contributed by atoms with E-state index in [0.717, 1.165) is 11.0 Å². The average molecular weight is 778 g/mol. The standard InChI is InChI=1S/C37H28ClN9O9/c38-23-8-12-28(46-20-39-42-43-46)29(19-23)44-14-15-45(34(50)33(44)49)30(16-21-6-9-24(10-7-21)41-36(53)56-26-4-2-1-3-5-26)32(48)40-25-11-13-27-22(17-25)18-31(35(51)52)47(27)37(54)55/h1-13,17-20,30H,14-16H2,(H,40,48)(H,41,53)(H,51,52)(H,54,55)/t30-/m0/s1. The van der Waals surface area contributed by atoms with Gasteiger partial charge in [-0.3, -0.25) is 19.7 Å². The molecule has 1 atom stereocenters. The number of anilines is 3. The normalized spacial score (nSPS) is 13.4. The predicted octanol–water partition coefficient (Wildman–Crippen LogP) is 4.53. The summed E-state index contributed by atoms with van der Waals surface area (Å²) in [4.78, 5) is 80.3. The molecule has 4 amide bonds. The summed E-state index contributed by atoms with van der Waals surface area (Å²) in [7, 11) is 0. The number of fused-ring (bicyclic) bond motifs is 1. The van der Waals surface area contributed by atoms with E-state index in [1.54, 1.807) is 66.7 Å². The number of nitrogens with zero attached hydrogens (tertiary/aromatic N) is 7. The Morgan fingerprint density at radius 1 is 0.821 bits per heavy atom. The number of amides is 4. The number of rotatable bonds is 10. The average Bonchev–Trinajstić information content (AvgIpc) is 3.85. The zero-order valence-corrected chi connectivity index (χ0v) is 29.5. The van der Waals surface area contributed by atoms with E-state index in [-0.39, 0.29) is 46.8 Å². The van der Waals surface area contributed by atoms with Crippen molar-refractivity contribution < 1.29 is 43.7 Å². The van der Waals surface area contributed by atoms with Gasteiger partial charge in [-0.05, 0) is 82.7 Å². The van der Waals surface area contributed by atoms with Crippen molar-refractivity contribution in [1.82, 2.24) is 29.7 Å². The van der Waals surface area contributed by atoms with Crippen molar-refractivity contribution in [1.29, 1.82) is 0 Å². The van der Waals surface area contributed by atoms with Crippen molar-refractivity contribution in [3.63, 3.8) is 0 Å². The minimum Gasteiger partial charge on any atom is -0.477 e. The summed E-state index contributed by atoms with van der Waals surface area (Å²) in [6.45, 7) is -0.125. The molecule has 1 saturated heterocycles. The Morgan fingerprint density at radius 2 is 1.57 bits per heavy atom. The lowest BCUT2D eigenvalue weighted by molar-refractivity contribution is -0.149. The molecule has 1 aliphatic heterocycles. The molecule has 0 aliphatic carbocycles. The summed E-state index contributed by atoms with van der Waals surface area (Å²) in [5.74, 6) is -3.74. The monoisotopic (exact) mass is 777 g/mol. The molecular formula is C37H28ClN9O9. The molecule has 0 unspecified atom stereocenters. The van der Waals surface area contributed by atoms with Crippen LogP contribution in [0.2, 0.25) is 5.02 Å². The molecule has 19 heteroatoms. The molecule has 4 aromatic carbocycles. The number of nitrogens with one attached hydrogen (secondary N) is 2. The van der Waals surface area contributed by atoms with Gasteiger partial charge in [0.25, 0.3) is 0 Å². The lowest BCUT2D eigenvalue weighted by atomic mass is 10.0. The molecule has 2 aromatic heterocycles. The summed E-state index contributed by atoms with van der Waals surface area (Å²) in [6.07, 6.45) is -0.988. The van der Waals surface area contributed by atoms with E-state index in [1.165, 1.54) is 40.2 Å². The molecule has 4 N–H and O–H groups in total. The van der Waals surface area contributed by atoms with Crippen LogP contribution in [0.5, 0.6) is 5.75 Å². The SMILES string of the molecule is O=C(Nc1ccc(C[C@@H](C(=O)Nc2ccc3c(c2)cc(C(=O)O)n3C(=O)O)N2CCN(c3cc(Cl)ccc3-n3cnnn3)C(=O)C2=O)cc1)Oc1ccccc1. The van der Waals surface area contributed by atoms with Crippen molar-refractivity contribution in [2.75, 3.05) is 28.6 Å². The zero-order valence-electron chi connectivity index (χ0n) is 28.8. The van der Waals surface area contributed by atoms with Gasteiger partial charge in [0.2, 0.25) is 5.91 Å². The molecule has 0 radical (unpaired) electrons. The number of piperazine rings is 1. The second-order valence-electron chi connectivity index (χ2n) is 12.3. The van der Waals surface area contributed by atoms with Gasteiger partial charge in [-0.25, -0.2) is 19.0 Å². The molecule has 1 aliphatic rings. The van der Waals surface area contributed by atoms with Crippen molar-refractivity contribution in [2.45, 2.75) is 12.5 Å². The third kappa shape index (κ3) is 7.57. The number of ether oxygens (including phenoxy) is 1. The van der Waals surface area contributed by atoms with Crippen LogP contribution >= 0.6 is 11.6 Å². The highest BCUT2D eigenvalue weighted by Crippen LogP contribution is 2.30. The molecule has 3 heterocycles. The number of carbonyl (C=O) groups is 6. The Kier molecular flexibility index (Phi) is 10.1. The first-order valence-electron chi connectivity index (χ1n) is 16.7. The number of benzene rings is 4. The Hall–Kier alpha value is -7.60. The maximum atomic E-state index is 14.1. The van der Waals surface area contributed by atoms with Crippen LogP contribution in [-0.2, 0) is 20.8 Å². The van der Waals surface area contributed by atoms with E-state index in [4.69, 9.17) is 16.3 Å². The van der Waals surface area contributed by atoms with Crippen molar-refractivity contribution >= 4 is 75.4 Å². The molecule has 0 spiro atoms. The highest BCUT2D eigenvalue weighted by atomic mass is 35.5. The van der Waals surface area contributed by atoms with Gasteiger partial charge < -0.3 is 30.1 Å². The highest BCUT2D eigenvalue weighted by Gasteiger charge is 2.40. The minimum atomic E-state index is -1.51. The first-order valence-corrected chi connectivity index (χ1v) is 17.1. The Morgan fingerprint density at radius 3 is 2.27 bits per heavy atom. The smallest absolute Gasteiger partial charge is 0.417 e. The fraction of sp³-hybridized carbons (Fsp3) is 0.108. The molecule has 7 rings (SSSR count). The third-order valence-corrected chi connectivity index (χ3v) is 9.05. The first-order chi connectivity index (χ1) is 27.0. The second kappa shape index (κ2) is 15.4. The van der Waals surface area contributed by atoms with Gasteiger partial charge in [-0.2, -0.15) is 4.68 Å². The second-order valence-corrected chi connectivity index (χ2v) is 12.7. The Labute approximate surface area is 320 Å². The summed E-state index contributed by atoms with van der Waals surface area (Å²) >= 11 is 6.29. The van der Waals surface area contributed by atoms with Gasteiger partial charge in [-0.1, -0.05) is 41.9 Å². The third-order valence-electron chi connectivity index (χ3n) is 8.82. The van der Waals surface area contributed by atoms with E-state index in [0.29, 0.717) is 27.3 Å². The molecule has 0 bridgehead atoms. The maximum Gasteiger partial charge on any atom is 0.417 e. The fourth-order valence-corrected chi connectivity index (χ4v) is 6.43. The molecule has 1 fully saturated rings. The number of halogens is 1. The maximum absolute atomic E-state index is 14.1. The lowest BCUT2D eigenvalue weighted by Crippen LogP contribution is -2.60. The molecule has 18 nitrogen and oxygen atoms in total. The van der Waals surface area contributed by atoms with Crippen LogP contribution in [0.1, 0.15) is 16.1 Å². The van der Waals surface area contributed by atoms with Gasteiger partial charge in [0.1, 0.15) is 23.8 Å². The fourth-order valence-electron chi connectivity index (χ4n) is 6.27. The minimum absolute atomic E-state index is 0.0389. The number of hydrogen-bond acceptors (Lipinski definition) is 10. The number of carboxylic acids is 1. The quantitative estimate of drug-likeness (QED) is 0.141. The highest BCUT2D eigenvalue weighted by molar-refractivity contribution is 6.41. The number of aromatic nitrogens is 5. The lowest BCUT2D eigenvalue weighted by Gasteiger charge is -2.38. The summed E-state index contributed by atoms with van der Waals surface area (Å²) in [6, 6.07) is 23.6. The number of carboxylic acid groups (broad SMARTS) is 2. The van der Waals surface area contributed by atoms with E-state index in [9.17, 15) is 39.0 Å². The van der Waals surface area contributed by atoms with Crippen LogP contribution in [0, 0.1) is 0 Å². The molecule has 0 saturated carbocycles. The van der Waals surface area contributed by atoms with E-state index >= 15 is 0 Å². The number of carbonyl (C=O) groups excluding carboxylic acids is 4. The largest absolute Gasteiger partial charge is 0.477 e. The summed E-state index contributed by atoms with van der Waals surface area (Å²) in [5, 5.41) is 36.2. The predicted molar refractivity (Wildman–Crippen MR) is 199 cm³/mol. The topological polar surface area (TPSA) is 231 Å². The van der Waals surface area contributed by atoms with Crippen LogP contribution in [0.25, 0.3) is 16.6 Å². The number of para-hydroxylation sites is 1. The van der Waals surface area contributed by atoms with Crippen LogP contribution in [-0.4, -0.2) is 94.9 Å². The van der Waals surface area contributed by atoms with Crippen LogP contribution in [0.3, 0.4) is 0 Å². The first kappa shape index (κ1) is 36.7. The summed E-state index contributed by atoms with van der Waals surface area (Å²) < 4.78 is 7.20.